The molecular weight excluding hydrogens is 345 g/mol. The fraction of sp³-hybridized carbons (Fsp3) is 0.188. The quantitative estimate of drug-likeness (QED) is 0.785. The first-order valence-electron chi connectivity index (χ1n) is 6.60. The molecule has 0 saturated heterocycles. The van der Waals surface area contributed by atoms with Crippen molar-refractivity contribution in [2.75, 3.05) is 0 Å². The largest absolute Gasteiger partial charge is 0.479 e. The second-order valence-electron chi connectivity index (χ2n) is 4.66. The molecule has 6 heteroatoms. The number of ether oxygens (including phenoxy) is 1. The van der Waals surface area contributed by atoms with Crippen molar-refractivity contribution in [2.24, 2.45) is 0 Å². The van der Waals surface area contributed by atoms with E-state index in [1.807, 2.05) is 30.3 Å². The molecule has 2 aromatic rings. The van der Waals surface area contributed by atoms with Gasteiger partial charge in [-0.2, -0.15) is 0 Å². The van der Waals surface area contributed by atoms with Crippen LogP contribution in [0.3, 0.4) is 0 Å². The van der Waals surface area contributed by atoms with Crippen LogP contribution in [-0.4, -0.2) is 12.0 Å². The van der Waals surface area contributed by atoms with Crippen molar-refractivity contribution in [3.63, 3.8) is 0 Å². The van der Waals surface area contributed by atoms with E-state index in [9.17, 15) is 4.79 Å². The van der Waals surface area contributed by atoms with E-state index in [0.29, 0.717) is 27.4 Å². The van der Waals surface area contributed by atoms with E-state index >= 15 is 0 Å². The Bertz CT molecular complexity index is 662. The Morgan fingerprint density at radius 2 is 1.73 bits per heavy atom. The maximum absolute atomic E-state index is 12.0. The molecular formula is C16H14Cl3NO2. The molecule has 22 heavy (non-hydrogen) atoms. The molecule has 0 spiro atoms. The van der Waals surface area contributed by atoms with Crippen LogP contribution in [-0.2, 0) is 11.3 Å². The number of hydrogen-bond acceptors (Lipinski definition) is 2. The molecule has 0 fully saturated rings. The van der Waals surface area contributed by atoms with Crippen LogP contribution in [0.1, 0.15) is 12.5 Å². The predicted octanol–water partition coefficient (Wildman–Crippen LogP) is 4.73. The Morgan fingerprint density at radius 3 is 2.41 bits per heavy atom. The van der Waals surface area contributed by atoms with E-state index in [2.05, 4.69) is 5.32 Å². The average Bonchev–Trinajstić information content (AvgIpc) is 2.51. The minimum atomic E-state index is -0.710. The first-order chi connectivity index (χ1) is 10.5. The van der Waals surface area contributed by atoms with Gasteiger partial charge >= 0.3 is 0 Å². The van der Waals surface area contributed by atoms with Gasteiger partial charge in [-0.1, -0.05) is 65.1 Å². The summed E-state index contributed by atoms with van der Waals surface area (Å²) in [5.74, 6) is 0.0735. The van der Waals surface area contributed by atoms with E-state index in [1.165, 1.54) is 12.1 Å². The molecule has 3 nitrogen and oxygen atoms in total. The number of halogens is 3. The Kier molecular flexibility index (Phi) is 5.95. The minimum absolute atomic E-state index is 0.244. The number of hydrogen-bond donors (Lipinski definition) is 1. The Hall–Kier alpha value is -1.42. The van der Waals surface area contributed by atoms with Crippen molar-refractivity contribution < 1.29 is 9.53 Å². The summed E-state index contributed by atoms with van der Waals surface area (Å²) in [7, 11) is 0. The van der Waals surface area contributed by atoms with Crippen LogP contribution < -0.4 is 10.1 Å². The minimum Gasteiger partial charge on any atom is -0.479 e. The number of carbonyl (C=O) groups is 1. The van der Waals surface area contributed by atoms with Crippen LogP contribution in [0.15, 0.2) is 42.5 Å². The lowest BCUT2D eigenvalue weighted by atomic mass is 10.2. The first-order valence-corrected chi connectivity index (χ1v) is 7.73. The molecule has 1 amide bonds. The smallest absolute Gasteiger partial charge is 0.261 e. The van der Waals surface area contributed by atoms with Gasteiger partial charge < -0.3 is 10.1 Å². The fourth-order valence-corrected chi connectivity index (χ4v) is 2.35. The van der Waals surface area contributed by atoms with Crippen LogP contribution in [0.25, 0.3) is 0 Å². The van der Waals surface area contributed by atoms with Gasteiger partial charge in [0.25, 0.3) is 5.91 Å². The Balaban J connectivity index is 1.95. The summed E-state index contributed by atoms with van der Waals surface area (Å²) in [5, 5.41) is 3.75. The molecule has 0 bridgehead atoms. The Labute approximate surface area is 144 Å². The van der Waals surface area contributed by atoms with Gasteiger partial charge in [-0.3, -0.25) is 4.79 Å². The van der Waals surface area contributed by atoms with Crippen LogP contribution in [0, 0.1) is 0 Å². The maximum atomic E-state index is 12.0. The zero-order valence-electron chi connectivity index (χ0n) is 11.8. The molecule has 0 aliphatic rings. The van der Waals surface area contributed by atoms with E-state index in [-0.39, 0.29) is 5.91 Å². The summed E-state index contributed by atoms with van der Waals surface area (Å²) < 4.78 is 5.54. The third-order valence-corrected chi connectivity index (χ3v) is 3.97. The third kappa shape index (κ3) is 4.54. The van der Waals surface area contributed by atoms with Crippen molar-refractivity contribution in [3.05, 3.63) is 63.1 Å². The van der Waals surface area contributed by atoms with E-state index in [0.717, 1.165) is 5.56 Å². The lowest BCUT2D eigenvalue weighted by Gasteiger charge is -2.16. The molecule has 1 unspecified atom stereocenters. The Morgan fingerprint density at radius 1 is 1.09 bits per heavy atom. The van der Waals surface area contributed by atoms with Gasteiger partial charge in [-0.15, -0.1) is 0 Å². The van der Waals surface area contributed by atoms with Gasteiger partial charge in [0, 0.05) is 12.6 Å². The highest BCUT2D eigenvalue weighted by Crippen LogP contribution is 2.34. The lowest BCUT2D eigenvalue weighted by Crippen LogP contribution is -2.35. The number of benzene rings is 2. The fourth-order valence-electron chi connectivity index (χ4n) is 1.77. The van der Waals surface area contributed by atoms with E-state index in [4.69, 9.17) is 39.5 Å². The second kappa shape index (κ2) is 7.73. The predicted molar refractivity (Wildman–Crippen MR) is 89.9 cm³/mol. The number of carbonyl (C=O) groups excluding carboxylic acids is 1. The van der Waals surface area contributed by atoms with Gasteiger partial charge in [-0.25, -0.2) is 0 Å². The van der Waals surface area contributed by atoms with E-state index < -0.39 is 6.10 Å². The van der Waals surface area contributed by atoms with Crippen LogP contribution in [0.2, 0.25) is 15.1 Å². The summed E-state index contributed by atoms with van der Waals surface area (Å²) in [6, 6.07) is 12.6. The normalized spacial score (nSPS) is 11.8. The second-order valence-corrected chi connectivity index (χ2v) is 5.88. The van der Waals surface area contributed by atoms with Crippen molar-refractivity contribution in [2.45, 2.75) is 19.6 Å². The molecule has 0 aliphatic carbocycles. The number of rotatable bonds is 5. The zero-order valence-corrected chi connectivity index (χ0v) is 14.0. The molecule has 0 aliphatic heterocycles. The van der Waals surface area contributed by atoms with Gasteiger partial charge in [0.1, 0.15) is 5.75 Å². The first kappa shape index (κ1) is 16.9. The number of amides is 1. The maximum Gasteiger partial charge on any atom is 0.261 e. The molecule has 2 rings (SSSR count). The molecule has 116 valence electrons. The third-order valence-electron chi connectivity index (χ3n) is 2.96. The van der Waals surface area contributed by atoms with Crippen molar-refractivity contribution >= 4 is 40.7 Å². The molecule has 0 saturated carbocycles. The zero-order chi connectivity index (χ0) is 16.1. The number of nitrogens with one attached hydrogen (secondary N) is 1. The monoisotopic (exact) mass is 357 g/mol. The van der Waals surface area contributed by atoms with Gasteiger partial charge in [0.2, 0.25) is 0 Å². The van der Waals surface area contributed by atoms with Crippen LogP contribution >= 0.6 is 34.8 Å². The molecule has 1 N–H and O–H groups in total. The topological polar surface area (TPSA) is 38.3 Å². The average molecular weight is 359 g/mol. The van der Waals surface area contributed by atoms with Crippen molar-refractivity contribution in [1.82, 2.24) is 5.32 Å². The lowest BCUT2D eigenvalue weighted by molar-refractivity contribution is -0.127. The van der Waals surface area contributed by atoms with Crippen molar-refractivity contribution in [3.8, 4) is 5.75 Å². The summed E-state index contributed by atoms with van der Waals surface area (Å²) >= 11 is 17.8. The summed E-state index contributed by atoms with van der Waals surface area (Å²) in [4.78, 5) is 12.0. The highest BCUT2D eigenvalue weighted by molar-refractivity contribution is 6.43. The highest BCUT2D eigenvalue weighted by atomic mass is 35.5. The summed E-state index contributed by atoms with van der Waals surface area (Å²) in [6.07, 6.45) is -0.710. The summed E-state index contributed by atoms with van der Waals surface area (Å²) in [6.45, 7) is 2.07. The molecule has 2 aromatic carbocycles. The SMILES string of the molecule is CC(Oc1cc(Cl)c(Cl)cc1Cl)C(=O)NCc1ccccc1. The molecule has 0 heterocycles. The summed E-state index contributed by atoms with van der Waals surface area (Å²) in [5.41, 5.74) is 1.01. The van der Waals surface area contributed by atoms with Gasteiger partial charge in [0.05, 0.1) is 15.1 Å². The highest BCUT2D eigenvalue weighted by Gasteiger charge is 2.17. The van der Waals surface area contributed by atoms with Crippen molar-refractivity contribution in [1.29, 1.82) is 0 Å². The molecule has 0 aromatic heterocycles. The van der Waals surface area contributed by atoms with Crippen LogP contribution in [0.4, 0.5) is 0 Å². The van der Waals surface area contributed by atoms with Crippen LogP contribution in [0.5, 0.6) is 5.75 Å². The molecule has 0 radical (unpaired) electrons. The molecule has 1 atom stereocenters. The standard InChI is InChI=1S/C16H14Cl3NO2/c1-10(16(21)20-9-11-5-3-2-4-6-11)22-15-8-13(18)12(17)7-14(15)19/h2-8,10H,9H2,1H3,(H,20,21). The van der Waals surface area contributed by atoms with E-state index in [1.54, 1.807) is 6.92 Å². The van der Waals surface area contributed by atoms with Gasteiger partial charge in [0.15, 0.2) is 6.10 Å². The van der Waals surface area contributed by atoms with Gasteiger partial charge in [-0.05, 0) is 18.6 Å².